The molecule has 0 aliphatic carbocycles. The van der Waals surface area contributed by atoms with Gasteiger partial charge in [-0.1, -0.05) is 0 Å². The molecule has 1 aromatic rings. The normalized spacial score (nSPS) is 23.2. The van der Waals surface area contributed by atoms with Crippen molar-refractivity contribution in [3.8, 4) is 0 Å². The molecule has 2 saturated heterocycles. The second-order valence-electron chi connectivity index (χ2n) is 5.97. The zero-order valence-electron chi connectivity index (χ0n) is 13.1. The van der Waals surface area contributed by atoms with Gasteiger partial charge in [0.1, 0.15) is 0 Å². The molecule has 0 radical (unpaired) electrons. The third-order valence-corrected chi connectivity index (χ3v) is 5.43. The van der Waals surface area contributed by atoms with Gasteiger partial charge in [0, 0.05) is 18.4 Å². The molecule has 0 spiro atoms. The van der Waals surface area contributed by atoms with E-state index in [1.807, 2.05) is 0 Å². The number of nitrogens with zero attached hydrogens (tertiary/aromatic N) is 1. The van der Waals surface area contributed by atoms with Crippen LogP contribution < -0.4 is 0 Å². The lowest BCUT2D eigenvalue weighted by Crippen LogP contribution is -2.50. The number of rotatable bonds is 3. The summed E-state index contributed by atoms with van der Waals surface area (Å²) in [7, 11) is -3.26. The minimum absolute atomic E-state index is 0.0756. The minimum Gasteiger partial charge on any atom is -0.348 e. The Kier molecular flexibility index (Phi) is 4.70. The van der Waals surface area contributed by atoms with Crippen molar-refractivity contribution in [1.82, 2.24) is 4.90 Å². The Hall–Kier alpha value is -1.44. The van der Waals surface area contributed by atoms with Crippen molar-refractivity contribution in [3.05, 3.63) is 29.8 Å². The van der Waals surface area contributed by atoms with Crippen molar-refractivity contribution >= 4 is 15.7 Å². The summed E-state index contributed by atoms with van der Waals surface area (Å²) >= 11 is 0. The summed E-state index contributed by atoms with van der Waals surface area (Å²) in [5.41, 5.74) is 0.488. The highest BCUT2D eigenvalue weighted by Gasteiger charge is 2.36. The zero-order chi connectivity index (χ0) is 16.4. The molecule has 1 amide bonds. The Balaban J connectivity index is 1.79. The van der Waals surface area contributed by atoms with Gasteiger partial charge in [0.25, 0.3) is 5.91 Å². The smallest absolute Gasteiger partial charge is 0.254 e. The van der Waals surface area contributed by atoms with Crippen LogP contribution in [0.15, 0.2) is 29.2 Å². The van der Waals surface area contributed by atoms with Gasteiger partial charge in [-0.25, -0.2) is 8.42 Å². The van der Waals surface area contributed by atoms with Crippen molar-refractivity contribution in [1.29, 1.82) is 0 Å². The van der Waals surface area contributed by atoms with Gasteiger partial charge in [-0.05, 0) is 43.5 Å². The molecule has 2 aliphatic heterocycles. The van der Waals surface area contributed by atoms with Crippen LogP contribution in [0.25, 0.3) is 0 Å². The minimum atomic E-state index is -3.26. The third-order valence-electron chi connectivity index (χ3n) is 4.30. The first-order chi connectivity index (χ1) is 11.0. The summed E-state index contributed by atoms with van der Waals surface area (Å²) in [6, 6.07) is 6.02. The lowest BCUT2D eigenvalue weighted by Gasteiger charge is -2.38. The van der Waals surface area contributed by atoms with E-state index in [-0.39, 0.29) is 23.1 Å². The van der Waals surface area contributed by atoms with Gasteiger partial charge in [-0.15, -0.1) is 0 Å². The van der Waals surface area contributed by atoms with Crippen molar-refractivity contribution < 1.29 is 22.7 Å². The number of amides is 1. The van der Waals surface area contributed by atoms with E-state index in [4.69, 9.17) is 9.47 Å². The van der Waals surface area contributed by atoms with Gasteiger partial charge in [-0.3, -0.25) is 4.79 Å². The Bertz CT molecular complexity index is 664. The van der Waals surface area contributed by atoms with E-state index in [1.54, 1.807) is 17.0 Å². The topological polar surface area (TPSA) is 72.9 Å². The Labute approximate surface area is 136 Å². The SMILES string of the molecule is CS(=O)(=O)c1ccc(C(=O)N2CCCCC2C2OCCO2)cc1. The molecule has 2 heterocycles. The van der Waals surface area contributed by atoms with Crippen LogP contribution in [0.5, 0.6) is 0 Å². The molecule has 126 valence electrons. The highest BCUT2D eigenvalue weighted by atomic mass is 32.2. The van der Waals surface area contributed by atoms with Crippen molar-refractivity contribution in [2.24, 2.45) is 0 Å². The molecule has 7 heteroatoms. The fourth-order valence-electron chi connectivity index (χ4n) is 3.10. The van der Waals surface area contributed by atoms with Crippen molar-refractivity contribution in [3.63, 3.8) is 0 Å². The predicted molar refractivity (Wildman–Crippen MR) is 83.9 cm³/mol. The molecule has 1 aromatic carbocycles. The highest BCUT2D eigenvalue weighted by Crippen LogP contribution is 2.26. The average molecular weight is 339 g/mol. The highest BCUT2D eigenvalue weighted by molar-refractivity contribution is 7.90. The molecule has 2 fully saturated rings. The fourth-order valence-corrected chi connectivity index (χ4v) is 3.73. The van der Waals surface area contributed by atoms with Crippen LogP contribution in [0.1, 0.15) is 29.6 Å². The third kappa shape index (κ3) is 3.57. The largest absolute Gasteiger partial charge is 0.348 e. The van der Waals surface area contributed by atoms with Gasteiger partial charge in [-0.2, -0.15) is 0 Å². The van der Waals surface area contributed by atoms with Crippen LogP contribution in [0.2, 0.25) is 0 Å². The summed E-state index contributed by atoms with van der Waals surface area (Å²) in [6.45, 7) is 1.79. The number of sulfone groups is 1. The molecule has 23 heavy (non-hydrogen) atoms. The Morgan fingerprint density at radius 2 is 1.78 bits per heavy atom. The quantitative estimate of drug-likeness (QED) is 0.833. The molecule has 1 unspecified atom stereocenters. The van der Waals surface area contributed by atoms with E-state index in [2.05, 4.69) is 0 Å². The molecule has 0 saturated carbocycles. The molecule has 0 bridgehead atoms. The molecular weight excluding hydrogens is 318 g/mol. The monoisotopic (exact) mass is 339 g/mol. The number of carbonyl (C=O) groups excluding carboxylic acids is 1. The first-order valence-electron chi connectivity index (χ1n) is 7.81. The molecule has 1 atom stereocenters. The van der Waals surface area contributed by atoms with E-state index in [0.29, 0.717) is 25.3 Å². The average Bonchev–Trinajstić information content (AvgIpc) is 3.08. The van der Waals surface area contributed by atoms with Gasteiger partial charge in [0.05, 0.1) is 24.2 Å². The first kappa shape index (κ1) is 16.4. The van der Waals surface area contributed by atoms with Crippen LogP contribution >= 0.6 is 0 Å². The maximum atomic E-state index is 12.8. The van der Waals surface area contributed by atoms with Crippen molar-refractivity contribution in [2.75, 3.05) is 26.0 Å². The summed E-state index contributed by atoms with van der Waals surface area (Å²) in [5, 5.41) is 0. The van der Waals surface area contributed by atoms with Gasteiger partial charge in [0.15, 0.2) is 16.1 Å². The van der Waals surface area contributed by atoms with E-state index in [9.17, 15) is 13.2 Å². The van der Waals surface area contributed by atoms with Crippen LogP contribution in [0.3, 0.4) is 0 Å². The number of ether oxygens (including phenoxy) is 2. The van der Waals surface area contributed by atoms with Gasteiger partial charge >= 0.3 is 0 Å². The lowest BCUT2D eigenvalue weighted by atomic mass is 10.00. The van der Waals surface area contributed by atoms with E-state index in [0.717, 1.165) is 25.5 Å². The fraction of sp³-hybridized carbons (Fsp3) is 0.562. The number of hydrogen-bond acceptors (Lipinski definition) is 5. The summed E-state index contributed by atoms with van der Waals surface area (Å²) in [4.78, 5) is 14.8. The Morgan fingerprint density at radius 1 is 1.13 bits per heavy atom. The zero-order valence-corrected chi connectivity index (χ0v) is 13.9. The van der Waals surface area contributed by atoms with E-state index >= 15 is 0 Å². The Morgan fingerprint density at radius 3 is 2.39 bits per heavy atom. The number of carbonyl (C=O) groups is 1. The van der Waals surface area contributed by atoms with Crippen LogP contribution in [-0.4, -0.2) is 57.6 Å². The summed E-state index contributed by atoms with van der Waals surface area (Å²) < 4.78 is 34.2. The summed E-state index contributed by atoms with van der Waals surface area (Å²) in [5.74, 6) is -0.103. The molecule has 6 nitrogen and oxygen atoms in total. The molecule has 0 aromatic heterocycles. The number of likely N-dealkylation sites (tertiary alicyclic amines) is 1. The lowest BCUT2D eigenvalue weighted by molar-refractivity contribution is -0.100. The van der Waals surface area contributed by atoms with Gasteiger partial charge < -0.3 is 14.4 Å². The van der Waals surface area contributed by atoms with Crippen LogP contribution in [0, 0.1) is 0 Å². The first-order valence-corrected chi connectivity index (χ1v) is 9.70. The molecule has 0 N–H and O–H groups in total. The number of piperidine rings is 1. The maximum Gasteiger partial charge on any atom is 0.254 e. The summed E-state index contributed by atoms with van der Waals surface area (Å²) in [6.07, 6.45) is 3.66. The van der Waals surface area contributed by atoms with E-state index in [1.165, 1.54) is 12.1 Å². The van der Waals surface area contributed by atoms with Crippen molar-refractivity contribution in [2.45, 2.75) is 36.5 Å². The second-order valence-corrected chi connectivity index (χ2v) is 7.98. The van der Waals surface area contributed by atoms with Crippen LogP contribution in [0.4, 0.5) is 0 Å². The van der Waals surface area contributed by atoms with Crippen LogP contribution in [-0.2, 0) is 19.3 Å². The predicted octanol–water partition coefficient (Wildman–Crippen LogP) is 1.46. The number of hydrogen-bond donors (Lipinski definition) is 0. The van der Waals surface area contributed by atoms with Gasteiger partial charge in [0.2, 0.25) is 0 Å². The standard InChI is InChI=1S/C16H21NO5S/c1-23(19,20)13-7-5-12(6-8-13)15(18)17-9-3-2-4-14(17)16-21-10-11-22-16/h5-8,14,16H,2-4,9-11H2,1H3. The molecular formula is C16H21NO5S. The molecule has 2 aliphatic rings. The number of benzene rings is 1. The second kappa shape index (κ2) is 6.59. The van der Waals surface area contributed by atoms with E-state index < -0.39 is 9.84 Å². The molecule has 3 rings (SSSR count). The maximum absolute atomic E-state index is 12.8.